The molecule has 0 saturated carbocycles. The van der Waals surface area contributed by atoms with E-state index in [-0.39, 0.29) is 19.6 Å². The van der Waals surface area contributed by atoms with Gasteiger partial charge < -0.3 is 25.4 Å². The molecule has 0 fully saturated rings. The Morgan fingerprint density at radius 2 is 1.89 bits per heavy atom. The molecule has 0 aliphatic heterocycles. The molecule has 0 aliphatic rings. The maximum absolute atomic E-state index is 11.3. The van der Waals surface area contributed by atoms with E-state index in [0.717, 1.165) is 5.56 Å². The van der Waals surface area contributed by atoms with E-state index in [2.05, 4.69) is 5.32 Å². The van der Waals surface area contributed by atoms with Gasteiger partial charge in [-0.3, -0.25) is 0 Å². The molecule has 1 aromatic rings. The van der Waals surface area contributed by atoms with Crippen LogP contribution in [0.1, 0.15) is 12.0 Å². The van der Waals surface area contributed by atoms with Gasteiger partial charge in [0.2, 0.25) is 0 Å². The minimum absolute atomic E-state index is 0.141. The van der Waals surface area contributed by atoms with Gasteiger partial charge in [-0.25, -0.2) is 4.79 Å². The number of aliphatic hydroxyl groups excluding tert-OH is 3. The Kier molecular flexibility index (Phi) is 6.88. The molecule has 1 rings (SSSR count). The van der Waals surface area contributed by atoms with Crippen LogP contribution in [0.25, 0.3) is 0 Å². The highest BCUT2D eigenvalue weighted by molar-refractivity contribution is 5.67. The summed E-state index contributed by atoms with van der Waals surface area (Å²) in [6.07, 6.45) is -2.71. The van der Waals surface area contributed by atoms with Crippen molar-refractivity contribution in [2.75, 3.05) is 13.2 Å². The molecule has 0 bridgehead atoms. The van der Waals surface area contributed by atoms with Crippen LogP contribution < -0.4 is 5.32 Å². The van der Waals surface area contributed by atoms with Gasteiger partial charge in [0.1, 0.15) is 12.7 Å². The highest BCUT2D eigenvalue weighted by Gasteiger charge is 2.14. The van der Waals surface area contributed by atoms with Crippen molar-refractivity contribution >= 4 is 6.09 Å². The summed E-state index contributed by atoms with van der Waals surface area (Å²) in [5, 5.41) is 29.5. The fourth-order valence-electron chi connectivity index (χ4n) is 1.41. The SMILES string of the molecule is O=C(NCC[C@H](O)[C@H](O)CO)OCc1ccccc1. The van der Waals surface area contributed by atoms with Crippen LogP contribution in [0.15, 0.2) is 30.3 Å². The van der Waals surface area contributed by atoms with Gasteiger partial charge in [-0.2, -0.15) is 0 Å². The molecule has 6 heteroatoms. The fourth-order valence-corrected chi connectivity index (χ4v) is 1.41. The molecule has 0 aliphatic carbocycles. The Balaban J connectivity index is 2.15. The summed E-state index contributed by atoms with van der Waals surface area (Å²) in [5.41, 5.74) is 0.883. The number of benzene rings is 1. The molecular formula is C13H19NO5. The van der Waals surface area contributed by atoms with E-state index in [0.29, 0.717) is 0 Å². The molecule has 4 N–H and O–H groups in total. The molecular weight excluding hydrogens is 250 g/mol. The smallest absolute Gasteiger partial charge is 0.407 e. The highest BCUT2D eigenvalue weighted by Crippen LogP contribution is 2.01. The molecule has 0 aromatic heterocycles. The maximum Gasteiger partial charge on any atom is 0.407 e. The van der Waals surface area contributed by atoms with Crippen LogP contribution in [0.5, 0.6) is 0 Å². The maximum atomic E-state index is 11.3. The lowest BCUT2D eigenvalue weighted by Crippen LogP contribution is -2.34. The molecule has 1 amide bonds. The molecule has 0 radical (unpaired) electrons. The van der Waals surface area contributed by atoms with E-state index in [1.165, 1.54) is 0 Å². The first kappa shape index (κ1) is 15.4. The van der Waals surface area contributed by atoms with Crippen molar-refractivity contribution in [3.63, 3.8) is 0 Å². The van der Waals surface area contributed by atoms with Gasteiger partial charge in [-0.15, -0.1) is 0 Å². The first-order valence-corrected chi connectivity index (χ1v) is 6.05. The van der Waals surface area contributed by atoms with Crippen LogP contribution in [0, 0.1) is 0 Å². The van der Waals surface area contributed by atoms with E-state index in [1.807, 2.05) is 30.3 Å². The molecule has 1 aromatic carbocycles. The van der Waals surface area contributed by atoms with Crippen molar-refractivity contribution in [3.05, 3.63) is 35.9 Å². The zero-order valence-corrected chi connectivity index (χ0v) is 10.5. The van der Waals surface area contributed by atoms with E-state index in [1.54, 1.807) is 0 Å². The number of hydrogen-bond donors (Lipinski definition) is 4. The van der Waals surface area contributed by atoms with Crippen molar-refractivity contribution in [2.45, 2.75) is 25.2 Å². The number of rotatable bonds is 7. The molecule has 106 valence electrons. The molecule has 0 heterocycles. The predicted molar refractivity (Wildman–Crippen MR) is 68.3 cm³/mol. The number of ether oxygens (including phenoxy) is 1. The summed E-state index contributed by atoms with van der Waals surface area (Å²) in [5.74, 6) is 0. The Hall–Kier alpha value is -1.63. The lowest BCUT2D eigenvalue weighted by molar-refractivity contribution is -0.0171. The standard InChI is InChI=1S/C13H19NO5/c15-8-12(17)11(16)6-7-14-13(18)19-9-10-4-2-1-3-5-10/h1-5,11-12,15-17H,6-9H2,(H,14,18)/t11-,12+/m0/s1. The van der Waals surface area contributed by atoms with Crippen LogP contribution in [0.4, 0.5) is 4.79 Å². The van der Waals surface area contributed by atoms with E-state index in [4.69, 9.17) is 14.9 Å². The number of amides is 1. The number of alkyl carbamates (subject to hydrolysis) is 1. The van der Waals surface area contributed by atoms with Crippen LogP contribution in [-0.2, 0) is 11.3 Å². The Morgan fingerprint density at radius 3 is 2.53 bits per heavy atom. The minimum atomic E-state index is -1.19. The highest BCUT2D eigenvalue weighted by atomic mass is 16.5. The minimum Gasteiger partial charge on any atom is -0.445 e. The fraction of sp³-hybridized carbons (Fsp3) is 0.462. The zero-order valence-electron chi connectivity index (χ0n) is 10.5. The normalized spacial score (nSPS) is 13.6. The molecule has 0 unspecified atom stereocenters. The number of carbonyl (C=O) groups is 1. The number of hydrogen-bond acceptors (Lipinski definition) is 5. The van der Waals surface area contributed by atoms with E-state index >= 15 is 0 Å². The third-order valence-electron chi connectivity index (χ3n) is 2.55. The van der Waals surface area contributed by atoms with Crippen LogP contribution in [0.2, 0.25) is 0 Å². The Morgan fingerprint density at radius 1 is 1.21 bits per heavy atom. The molecule has 19 heavy (non-hydrogen) atoms. The van der Waals surface area contributed by atoms with E-state index in [9.17, 15) is 9.90 Å². The van der Waals surface area contributed by atoms with E-state index < -0.39 is 24.9 Å². The third kappa shape index (κ3) is 6.19. The second-order valence-electron chi connectivity index (χ2n) is 4.09. The van der Waals surface area contributed by atoms with Crippen molar-refractivity contribution < 1.29 is 24.9 Å². The predicted octanol–water partition coefficient (Wildman–Crippen LogP) is 0.0170. The lowest BCUT2D eigenvalue weighted by atomic mass is 10.1. The molecule has 6 nitrogen and oxygen atoms in total. The van der Waals surface area contributed by atoms with Crippen molar-refractivity contribution in [1.82, 2.24) is 5.32 Å². The van der Waals surface area contributed by atoms with Crippen molar-refractivity contribution in [1.29, 1.82) is 0 Å². The Labute approximate surface area is 111 Å². The Bertz CT molecular complexity index is 371. The zero-order chi connectivity index (χ0) is 14.1. The first-order chi connectivity index (χ1) is 9.13. The number of nitrogens with one attached hydrogen (secondary N) is 1. The molecule has 2 atom stereocenters. The topological polar surface area (TPSA) is 99.0 Å². The van der Waals surface area contributed by atoms with Crippen molar-refractivity contribution in [3.8, 4) is 0 Å². The van der Waals surface area contributed by atoms with Gasteiger partial charge >= 0.3 is 6.09 Å². The summed E-state index contributed by atoms with van der Waals surface area (Å²) < 4.78 is 4.95. The van der Waals surface area contributed by atoms with Crippen LogP contribution in [-0.4, -0.2) is 46.8 Å². The largest absolute Gasteiger partial charge is 0.445 e. The van der Waals surface area contributed by atoms with Crippen molar-refractivity contribution in [2.24, 2.45) is 0 Å². The summed E-state index contributed by atoms with van der Waals surface area (Å²) in [6.45, 7) is -0.181. The quantitative estimate of drug-likeness (QED) is 0.559. The van der Waals surface area contributed by atoms with Gasteiger partial charge in [-0.1, -0.05) is 30.3 Å². The monoisotopic (exact) mass is 269 g/mol. The van der Waals surface area contributed by atoms with Gasteiger partial charge in [0.25, 0.3) is 0 Å². The summed E-state index contributed by atoms with van der Waals surface area (Å²) in [7, 11) is 0. The average molecular weight is 269 g/mol. The van der Waals surface area contributed by atoms with Gasteiger partial charge in [0, 0.05) is 6.54 Å². The summed E-state index contributed by atoms with van der Waals surface area (Å²) >= 11 is 0. The number of aliphatic hydroxyl groups is 3. The van der Waals surface area contributed by atoms with Crippen LogP contribution in [0.3, 0.4) is 0 Å². The average Bonchev–Trinajstić information content (AvgIpc) is 2.45. The third-order valence-corrected chi connectivity index (χ3v) is 2.55. The molecule has 0 saturated heterocycles. The van der Waals surface area contributed by atoms with Crippen LogP contribution >= 0.6 is 0 Å². The number of carbonyl (C=O) groups excluding carboxylic acids is 1. The second-order valence-corrected chi connectivity index (χ2v) is 4.09. The van der Waals surface area contributed by atoms with Gasteiger partial charge in [-0.05, 0) is 12.0 Å². The second kappa shape index (κ2) is 8.47. The van der Waals surface area contributed by atoms with Gasteiger partial charge in [0.05, 0.1) is 12.7 Å². The van der Waals surface area contributed by atoms with Gasteiger partial charge in [0.15, 0.2) is 0 Å². The summed E-state index contributed by atoms with van der Waals surface area (Å²) in [4.78, 5) is 11.3. The lowest BCUT2D eigenvalue weighted by Gasteiger charge is -2.15. The first-order valence-electron chi connectivity index (χ1n) is 6.05. The molecule has 0 spiro atoms. The summed E-state index contributed by atoms with van der Waals surface area (Å²) in [6, 6.07) is 9.26.